The van der Waals surface area contributed by atoms with Crippen LogP contribution in [0.4, 0.5) is 0 Å². The van der Waals surface area contributed by atoms with Gasteiger partial charge in [0.15, 0.2) is 0 Å². The number of nitrogens with one attached hydrogen (secondary N) is 1. The second-order valence-electron chi connectivity index (χ2n) is 3.98. The molecule has 1 aromatic rings. The van der Waals surface area contributed by atoms with Gasteiger partial charge in [-0.3, -0.25) is 0 Å². The van der Waals surface area contributed by atoms with Crippen molar-refractivity contribution >= 4 is 27.7 Å². The molecule has 1 N–H and O–H groups in total. The van der Waals surface area contributed by atoms with Crippen LogP contribution in [0.3, 0.4) is 0 Å². The van der Waals surface area contributed by atoms with Crippen molar-refractivity contribution in [2.75, 3.05) is 5.75 Å². The third-order valence-corrected chi connectivity index (χ3v) is 4.65. The number of thioether (sulfide) groups is 1. The summed E-state index contributed by atoms with van der Waals surface area (Å²) in [7, 11) is 0. The van der Waals surface area contributed by atoms with Crippen molar-refractivity contribution < 1.29 is 0 Å². The monoisotopic (exact) mass is 285 g/mol. The van der Waals surface area contributed by atoms with Crippen LogP contribution in [0.2, 0.25) is 0 Å². The van der Waals surface area contributed by atoms with E-state index in [2.05, 4.69) is 64.2 Å². The molecule has 1 aliphatic rings. The Morgan fingerprint density at radius 3 is 3.07 bits per heavy atom. The first-order valence-corrected chi connectivity index (χ1v) is 7.19. The molecule has 15 heavy (non-hydrogen) atoms. The first kappa shape index (κ1) is 11.5. The maximum Gasteiger partial charge on any atom is 0.0208 e. The molecule has 0 amide bonds. The second-order valence-corrected chi connectivity index (χ2v) is 6.38. The predicted molar refractivity (Wildman–Crippen MR) is 71.3 cm³/mol. The van der Waals surface area contributed by atoms with E-state index in [1.54, 1.807) is 0 Å². The van der Waals surface area contributed by atoms with Gasteiger partial charge in [0.1, 0.15) is 0 Å². The van der Waals surface area contributed by atoms with Gasteiger partial charge in [0.05, 0.1) is 0 Å². The van der Waals surface area contributed by atoms with Crippen molar-refractivity contribution in [2.45, 2.75) is 31.2 Å². The Hall–Kier alpha value is 0.01000. The van der Waals surface area contributed by atoms with Gasteiger partial charge in [-0.1, -0.05) is 35.0 Å². The second kappa shape index (κ2) is 5.37. The van der Waals surface area contributed by atoms with Crippen molar-refractivity contribution in [3.05, 3.63) is 34.3 Å². The highest BCUT2D eigenvalue weighted by atomic mass is 79.9. The maximum absolute atomic E-state index is 3.63. The fourth-order valence-corrected chi connectivity index (χ4v) is 3.57. The highest BCUT2D eigenvalue weighted by Crippen LogP contribution is 2.26. The molecule has 1 fully saturated rings. The molecule has 2 atom stereocenters. The number of hydrogen-bond acceptors (Lipinski definition) is 2. The van der Waals surface area contributed by atoms with Crippen LogP contribution in [0.25, 0.3) is 0 Å². The van der Waals surface area contributed by atoms with E-state index in [0.29, 0.717) is 6.04 Å². The van der Waals surface area contributed by atoms with Crippen LogP contribution in [0.5, 0.6) is 0 Å². The summed E-state index contributed by atoms with van der Waals surface area (Å²) in [5.74, 6) is 1.30. The molecule has 1 saturated heterocycles. The Morgan fingerprint density at radius 1 is 1.53 bits per heavy atom. The van der Waals surface area contributed by atoms with Gasteiger partial charge < -0.3 is 5.32 Å². The van der Waals surface area contributed by atoms with E-state index >= 15 is 0 Å². The highest BCUT2D eigenvalue weighted by Gasteiger charge is 2.22. The van der Waals surface area contributed by atoms with E-state index in [0.717, 1.165) is 16.3 Å². The fraction of sp³-hybridized carbons (Fsp3) is 0.500. The number of hydrogen-bond donors (Lipinski definition) is 1. The van der Waals surface area contributed by atoms with Crippen molar-refractivity contribution in [3.63, 3.8) is 0 Å². The van der Waals surface area contributed by atoms with Gasteiger partial charge >= 0.3 is 0 Å². The molecule has 1 aromatic carbocycles. The number of rotatable bonds is 3. The van der Waals surface area contributed by atoms with Crippen molar-refractivity contribution in [2.24, 2.45) is 0 Å². The Kier molecular flexibility index (Phi) is 4.12. The van der Waals surface area contributed by atoms with Gasteiger partial charge in [-0.2, -0.15) is 11.8 Å². The minimum Gasteiger partial charge on any atom is -0.309 e. The molecule has 1 nitrogen and oxygen atoms in total. The molecule has 3 heteroatoms. The lowest BCUT2D eigenvalue weighted by Gasteiger charge is -2.16. The van der Waals surface area contributed by atoms with E-state index in [9.17, 15) is 0 Å². The smallest absolute Gasteiger partial charge is 0.0208 e. The largest absolute Gasteiger partial charge is 0.309 e. The summed E-state index contributed by atoms with van der Waals surface area (Å²) in [6.07, 6.45) is 1.31. The minimum atomic E-state index is 0.689. The van der Waals surface area contributed by atoms with Crippen LogP contribution in [0.15, 0.2) is 28.7 Å². The average molecular weight is 286 g/mol. The zero-order valence-corrected chi connectivity index (χ0v) is 11.3. The highest BCUT2D eigenvalue weighted by molar-refractivity contribution is 9.10. The Bertz CT molecular complexity index is 329. The molecule has 1 aliphatic heterocycles. The molecule has 1 heterocycles. The van der Waals surface area contributed by atoms with Crippen LogP contribution < -0.4 is 5.32 Å². The summed E-state index contributed by atoms with van der Waals surface area (Å²) in [6, 6.07) is 9.20. The standard InChI is InChI=1S/C12H16BrNS/c1-9-12(5-6-15-9)14-8-10-3-2-4-11(13)7-10/h2-4,7,9,12,14H,5-6,8H2,1H3. The first-order valence-electron chi connectivity index (χ1n) is 5.35. The Labute approximate surface area is 104 Å². The summed E-state index contributed by atoms with van der Waals surface area (Å²) in [4.78, 5) is 0. The average Bonchev–Trinajstić information content (AvgIpc) is 2.61. The zero-order valence-electron chi connectivity index (χ0n) is 8.87. The molecule has 0 saturated carbocycles. The summed E-state index contributed by atoms with van der Waals surface area (Å²) in [5.41, 5.74) is 1.36. The van der Waals surface area contributed by atoms with Crippen molar-refractivity contribution in [1.82, 2.24) is 5.32 Å². The quantitative estimate of drug-likeness (QED) is 0.913. The number of benzene rings is 1. The van der Waals surface area contributed by atoms with Gasteiger partial charge in [-0.25, -0.2) is 0 Å². The molecular formula is C12H16BrNS. The van der Waals surface area contributed by atoms with Crippen molar-refractivity contribution in [1.29, 1.82) is 0 Å². The van der Waals surface area contributed by atoms with E-state index < -0.39 is 0 Å². The van der Waals surface area contributed by atoms with Gasteiger partial charge in [-0.05, 0) is 29.9 Å². The van der Waals surface area contributed by atoms with Crippen LogP contribution in [-0.2, 0) is 6.54 Å². The zero-order chi connectivity index (χ0) is 10.7. The van der Waals surface area contributed by atoms with Gasteiger partial charge in [0.2, 0.25) is 0 Å². The molecular weight excluding hydrogens is 270 g/mol. The van der Waals surface area contributed by atoms with Crippen LogP contribution in [-0.4, -0.2) is 17.0 Å². The van der Waals surface area contributed by atoms with E-state index in [1.807, 2.05) is 0 Å². The summed E-state index contributed by atoms with van der Waals surface area (Å²) >= 11 is 5.57. The third-order valence-electron chi connectivity index (χ3n) is 2.83. The molecule has 0 aliphatic carbocycles. The molecule has 82 valence electrons. The molecule has 0 spiro atoms. The van der Waals surface area contributed by atoms with Crippen LogP contribution in [0, 0.1) is 0 Å². The lowest BCUT2D eigenvalue weighted by Crippen LogP contribution is -2.32. The fourth-order valence-electron chi connectivity index (χ4n) is 1.90. The molecule has 2 rings (SSSR count). The summed E-state index contributed by atoms with van der Waals surface area (Å²) in [5, 5.41) is 4.39. The molecule has 2 unspecified atom stereocenters. The number of halogens is 1. The van der Waals surface area contributed by atoms with E-state index in [1.165, 1.54) is 17.7 Å². The van der Waals surface area contributed by atoms with Gasteiger partial charge in [0, 0.05) is 22.3 Å². The molecule has 0 aromatic heterocycles. The van der Waals surface area contributed by atoms with Crippen molar-refractivity contribution in [3.8, 4) is 0 Å². The lowest BCUT2D eigenvalue weighted by molar-refractivity contribution is 0.513. The SMILES string of the molecule is CC1SCCC1NCc1cccc(Br)c1. The first-order chi connectivity index (χ1) is 7.25. The van der Waals surface area contributed by atoms with E-state index in [-0.39, 0.29) is 0 Å². The summed E-state index contributed by atoms with van der Waals surface area (Å²) < 4.78 is 1.16. The van der Waals surface area contributed by atoms with E-state index in [4.69, 9.17) is 0 Å². The predicted octanol–water partition coefficient (Wildman–Crippen LogP) is 3.43. The van der Waals surface area contributed by atoms with Crippen LogP contribution >= 0.6 is 27.7 Å². The van der Waals surface area contributed by atoms with Crippen LogP contribution in [0.1, 0.15) is 18.9 Å². The maximum atomic E-state index is 3.63. The minimum absolute atomic E-state index is 0.689. The Morgan fingerprint density at radius 2 is 2.40 bits per heavy atom. The Balaban J connectivity index is 1.87. The normalized spacial score (nSPS) is 25.7. The lowest BCUT2D eigenvalue weighted by atomic mass is 10.1. The van der Waals surface area contributed by atoms with Gasteiger partial charge in [-0.15, -0.1) is 0 Å². The summed E-state index contributed by atoms with van der Waals surface area (Å²) in [6.45, 7) is 3.30. The molecule has 0 radical (unpaired) electrons. The topological polar surface area (TPSA) is 12.0 Å². The third kappa shape index (κ3) is 3.23. The molecule has 0 bridgehead atoms. The van der Waals surface area contributed by atoms with Gasteiger partial charge in [0.25, 0.3) is 0 Å².